The lowest BCUT2D eigenvalue weighted by molar-refractivity contribution is -0.248. The van der Waals surface area contributed by atoms with Gasteiger partial charge in [0.15, 0.2) is 22.5 Å². The number of benzene rings is 1. The number of carboxylic acids is 1. The van der Waals surface area contributed by atoms with Crippen molar-refractivity contribution >= 4 is 50.1 Å². The van der Waals surface area contributed by atoms with Crippen molar-refractivity contribution in [1.29, 1.82) is 0 Å². The van der Waals surface area contributed by atoms with E-state index in [1.54, 1.807) is 6.07 Å². The number of carbonyl (C=O) groups is 1. The summed E-state index contributed by atoms with van der Waals surface area (Å²) in [4.78, 5) is 26.8. The van der Waals surface area contributed by atoms with Crippen molar-refractivity contribution in [3.63, 3.8) is 0 Å². The molecular weight excluding hydrogens is 754 g/mol. The molecule has 4 aliphatic carbocycles. The van der Waals surface area contributed by atoms with Gasteiger partial charge in [-0.15, -0.1) is 10.2 Å². The van der Waals surface area contributed by atoms with Crippen LogP contribution in [0.3, 0.4) is 0 Å². The van der Waals surface area contributed by atoms with Crippen LogP contribution in [0.5, 0.6) is 0 Å². The molecule has 6 heterocycles. The van der Waals surface area contributed by atoms with Gasteiger partial charge in [0.1, 0.15) is 11.6 Å². The predicted molar refractivity (Wildman–Crippen MR) is 223 cm³/mol. The van der Waals surface area contributed by atoms with Gasteiger partial charge in [-0.25, -0.2) is 19.2 Å². The Morgan fingerprint density at radius 3 is 2.52 bits per heavy atom. The lowest BCUT2D eigenvalue weighted by atomic mass is 9.39. The third kappa shape index (κ3) is 6.64. The number of carboxylic acid groups (broad SMARTS) is 1. The van der Waals surface area contributed by atoms with Gasteiger partial charge in [0.05, 0.1) is 28.6 Å². The van der Waals surface area contributed by atoms with Crippen molar-refractivity contribution in [3.05, 3.63) is 64.9 Å². The molecule has 11 rings (SSSR count). The third-order valence-electron chi connectivity index (χ3n) is 13.9. The molecule has 4 bridgehead atoms. The Hall–Kier alpha value is -4.53. The first-order valence-electron chi connectivity index (χ1n) is 20.9. The van der Waals surface area contributed by atoms with Crippen LogP contribution in [-0.4, -0.2) is 84.3 Å². The van der Waals surface area contributed by atoms with E-state index >= 15 is 0 Å². The van der Waals surface area contributed by atoms with Crippen LogP contribution in [-0.2, 0) is 17.7 Å². The van der Waals surface area contributed by atoms with Crippen molar-refractivity contribution in [2.75, 3.05) is 43.0 Å². The Kier molecular flexibility index (Phi) is 8.96. The van der Waals surface area contributed by atoms with E-state index < -0.39 is 5.97 Å². The van der Waals surface area contributed by atoms with Gasteiger partial charge in [0.25, 0.3) is 0 Å². The van der Waals surface area contributed by atoms with Crippen LogP contribution >= 0.6 is 11.3 Å². The van der Waals surface area contributed by atoms with Gasteiger partial charge in [-0.05, 0) is 132 Å². The average Bonchev–Trinajstić information content (AvgIpc) is 3.91. The van der Waals surface area contributed by atoms with E-state index in [4.69, 9.17) is 14.8 Å². The molecule has 2 aliphatic heterocycles. The van der Waals surface area contributed by atoms with Crippen LogP contribution in [0.15, 0.2) is 36.5 Å². The Balaban J connectivity index is 0.903. The van der Waals surface area contributed by atoms with E-state index in [-0.39, 0.29) is 33.4 Å². The van der Waals surface area contributed by atoms with Crippen LogP contribution in [0.25, 0.3) is 21.3 Å². The summed E-state index contributed by atoms with van der Waals surface area (Å²) in [6.45, 7) is 14.7. The summed E-state index contributed by atoms with van der Waals surface area (Å²) in [5.74, 6) is 0.343. The second-order valence-corrected chi connectivity index (χ2v) is 20.0. The highest BCUT2D eigenvalue weighted by molar-refractivity contribution is 7.22. The average molecular weight is 806 g/mol. The zero-order valence-electron chi connectivity index (χ0n) is 33.9. The summed E-state index contributed by atoms with van der Waals surface area (Å²) in [6, 6.07) is 8.33. The minimum Gasteiger partial charge on any atom is -0.476 e. The summed E-state index contributed by atoms with van der Waals surface area (Å²) in [6.07, 6.45) is 13.0. The number of ether oxygens (including phenoxy) is 1. The van der Waals surface area contributed by atoms with Gasteiger partial charge >= 0.3 is 5.97 Å². The lowest BCUT2D eigenvalue weighted by Gasteiger charge is -2.69. The number of rotatable bonds is 11. The summed E-state index contributed by atoms with van der Waals surface area (Å²) < 4.78 is 23.8. The first kappa shape index (κ1) is 37.7. The Bertz CT molecular complexity index is 2420. The first-order chi connectivity index (χ1) is 27.8. The topological polar surface area (TPSA) is 134 Å². The lowest BCUT2D eigenvalue weighted by Crippen LogP contribution is -2.64. The van der Waals surface area contributed by atoms with Crippen LogP contribution < -0.4 is 10.2 Å². The molecule has 304 valence electrons. The van der Waals surface area contributed by atoms with E-state index in [1.807, 2.05) is 30.2 Å². The standard InChI is InChI=1S/C44H52FN9O3S/c1-27-30-8-7-15-53(38(30)51-50-37(27)49-40-47-33-18-29(45)9-11-34(33)58-40)35-12-10-31(36(48-35)39(55)56)32-19-46-54(28(32)2)26-43-21-41(3)20-42(4,22-43)24-44(23-41,25-43)57-17-16-52-13-5-6-14-52/h9-12,18-19H,5-8,13-17,20-26H2,1-4H3,(H,55,56)(H,47,49,50). The number of likely N-dealkylation sites (tertiary alicyclic amines) is 1. The number of nitrogens with one attached hydrogen (secondary N) is 1. The van der Waals surface area contributed by atoms with Gasteiger partial charge in [-0.2, -0.15) is 5.10 Å². The van der Waals surface area contributed by atoms with E-state index in [9.17, 15) is 14.3 Å². The number of nitrogens with zero attached hydrogens (tertiary/aromatic N) is 8. The summed E-state index contributed by atoms with van der Waals surface area (Å²) in [5, 5.41) is 28.6. The molecule has 5 aromatic rings. The molecular formula is C44H52FN9O3S. The van der Waals surface area contributed by atoms with Crippen LogP contribution in [0.4, 0.5) is 27.0 Å². The molecule has 2 N–H and O–H groups in total. The highest BCUT2D eigenvalue weighted by Crippen LogP contribution is 2.72. The molecule has 4 aromatic heterocycles. The zero-order chi connectivity index (χ0) is 40.0. The van der Waals surface area contributed by atoms with Gasteiger partial charge in [0, 0.05) is 53.6 Å². The molecule has 14 heteroatoms. The first-order valence-corrected chi connectivity index (χ1v) is 21.7. The molecule has 1 aromatic carbocycles. The molecule has 1 saturated heterocycles. The summed E-state index contributed by atoms with van der Waals surface area (Å²) in [5.41, 5.74) is 5.28. The van der Waals surface area contributed by atoms with Gasteiger partial charge in [0.2, 0.25) is 0 Å². The smallest absolute Gasteiger partial charge is 0.355 e. The summed E-state index contributed by atoms with van der Waals surface area (Å²) >= 11 is 1.42. The van der Waals surface area contributed by atoms with E-state index in [0.29, 0.717) is 40.2 Å². The van der Waals surface area contributed by atoms with Crippen molar-refractivity contribution in [3.8, 4) is 11.1 Å². The van der Waals surface area contributed by atoms with Crippen LogP contribution in [0.2, 0.25) is 0 Å². The van der Waals surface area contributed by atoms with Crippen molar-refractivity contribution < 1.29 is 19.0 Å². The SMILES string of the molecule is Cc1c(Nc2nc3cc(F)ccc3s2)nnc2c1CCCN2c1ccc(-c2cnn(CC34CC5(C)CC(C)(C3)CC(OCCN3CCCC3)(C5)C4)c2C)c(C(=O)O)n1. The highest BCUT2D eigenvalue weighted by atomic mass is 32.1. The molecule has 0 amide bonds. The molecule has 58 heavy (non-hydrogen) atoms. The van der Waals surface area contributed by atoms with Crippen molar-refractivity contribution in [2.24, 2.45) is 16.2 Å². The van der Waals surface area contributed by atoms with Crippen LogP contribution in [0.1, 0.15) is 98.9 Å². The Morgan fingerprint density at radius 1 is 0.948 bits per heavy atom. The fraction of sp³-hybridized carbons (Fsp3) is 0.545. The fourth-order valence-corrected chi connectivity index (χ4v) is 13.5. The number of pyridine rings is 1. The minimum absolute atomic E-state index is 0.0114. The second-order valence-electron chi connectivity index (χ2n) is 18.9. The van der Waals surface area contributed by atoms with E-state index in [2.05, 4.69) is 50.9 Å². The number of anilines is 4. The number of thiazole rings is 1. The van der Waals surface area contributed by atoms with Crippen molar-refractivity contribution in [1.82, 2.24) is 34.8 Å². The fourth-order valence-electron chi connectivity index (χ4n) is 12.7. The summed E-state index contributed by atoms with van der Waals surface area (Å²) in [7, 11) is 0. The molecule has 2 unspecified atom stereocenters. The molecule has 12 nitrogen and oxygen atoms in total. The number of fused-ring (bicyclic) bond motifs is 2. The number of hydrogen-bond donors (Lipinski definition) is 2. The monoisotopic (exact) mass is 805 g/mol. The number of aromatic nitrogens is 6. The molecule has 6 aliphatic rings. The Morgan fingerprint density at radius 2 is 1.74 bits per heavy atom. The molecule has 2 atom stereocenters. The van der Waals surface area contributed by atoms with Gasteiger partial charge in [-0.1, -0.05) is 25.2 Å². The largest absolute Gasteiger partial charge is 0.476 e. The number of hydrogen-bond acceptors (Lipinski definition) is 11. The number of aromatic carboxylic acids is 1. The quantitative estimate of drug-likeness (QED) is 0.133. The zero-order valence-corrected chi connectivity index (χ0v) is 34.7. The minimum atomic E-state index is -1.09. The molecule has 0 spiro atoms. The maximum absolute atomic E-state index is 13.8. The Labute approximate surface area is 342 Å². The predicted octanol–water partition coefficient (Wildman–Crippen LogP) is 8.86. The maximum atomic E-state index is 13.8. The maximum Gasteiger partial charge on any atom is 0.355 e. The van der Waals surface area contributed by atoms with Gasteiger partial charge < -0.3 is 25.0 Å². The van der Waals surface area contributed by atoms with E-state index in [1.165, 1.54) is 68.7 Å². The number of halogens is 1. The normalized spacial score (nSPS) is 27.8. The molecule has 0 radical (unpaired) electrons. The van der Waals surface area contributed by atoms with Gasteiger partial charge in [-0.3, -0.25) is 4.68 Å². The second kappa shape index (κ2) is 13.8. The molecule has 4 saturated carbocycles. The molecule has 5 fully saturated rings. The third-order valence-corrected chi connectivity index (χ3v) is 14.8. The highest BCUT2D eigenvalue weighted by Gasteiger charge is 2.66. The van der Waals surface area contributed by atoms with Crippen molar-refractivity contribution in [2.45, 2.75) is 104 Å². The van der Waals surface area contributed by atoms with E-state index in [0.717, 1.165) is 78.9 Å². The van der Waals surface area contributed by atoms with Crippen LogP contribution in [0, 0.1) is 35.9 Å².